The Bertz CT molecular complexity index is 1600. The van der Waals surface area contributed by atoms with Gasteiger partial charge in [-0.05, 0) is 66.3 Å². The number of methoxy groups -OCH3 is 1. The first-order chi connectivity index (χ1) is 17.8. The van der Waals surface area contributed by atoms with Crippen molar-refractivity contribution >= 4 is 10.8 Å². The van der Waals surface area contributed by atoms with Crippen LogP contribution in [0.4, 0.5) is 26.3 Å². The number of benzene rings is 4. The van der Waals surface area contributed by atoms with Crippen molar-refractivity contribution < 1.29 is 31.1 Å². The molecule has 4 aromatic carbocycles. The molecule has 0 spiro atoms. The van der Waals surface area contributed by atoms with Gasteiger partial charge in [-0.1, -0.05) is 35.8 Å². The number of aryl methyl sites for hydroxylation is 1. The summed E-state index contributed by atoms with van der Waals surface area (Å²) in [5.41, 5.74) is 0.538. The van der Waals surface area contributed by atoms with Crippen LogP contribution in [0.2, 0.25) is 0 Å². The Labute approximate surface area is 209 Å². The number of fused-ring (bicyclic) bond motifs is 1. The van der Waals surface area contributed by atoms with E-state index in [1.54, 1.807) is 13.2 Å². The van der Waals surface area contributed by atoms with Crippen molar-refractivity contribution in [2.75, 3.05) is 13.7 Å². The zero-order valence-corrected chi connectivity index (χ0v) is 19.5. The van der Waals surface area contributed by atoms with Crippen LogP contribution in [-0.4, -0.2) is 13.7 Å². The van der Waals surface area contributed by atoms with Gasteiger partial charge in [-0.25, -0.2) is 26.3 Å². The van der Waals surface area contributed by atoms with Crippen LogP contribution in [0.5, 0.6) is 0 Å². The van der Waals surface area contributed by atoms with E-state index in [2.05, 4.69) is 23.7 Å². The number of hydrogen-bond acceptors (Lipinski definition) is 1. The second-order valence-corrected chi connectivity index (χ2v) is 8.15. The summed E-state index contributed by atoms with van der Waals surface area (Å²) in [6.45, 7) is 0.560. The molecule has 0 saturated heterocycles. The normalized spacial score (nSPS) is 10.6. The summed E-state index contributed by atoms with van der Waals surface area (Å²) >= 11 is 0. The fourth-order valence-corrected chi connectivity index (χ4v) is 3.66. The summed E-state index contributed by atoms with van der Waals surface area (Å²) in [5.74, 6) is 3.25. The van der Waals surface area contributed by atoms with Gasteiger partial charge in [-0.2, -0.15) is 0 Å². The monoisotopic (exact) mass is 508 g/mol. The molecule has 0 bridgehead atoms. The molecule has 0 amide bonds. The van der Waals surface area contributed by atoms with Gasteiger partial charge in [0.25, 0.3) is 0 Å². The van der Waals surface area contributed by atoms with Crippen LogP contribution in [0.15, 0.2) is 54.6 Å². The predicted molar refractivity (Wildman–Crippen MR) is 129 cm³/mol. The fraction of sp³-hybridized carbons (Fsp3) is 0.133. The molecule has 0 unspecified atom stereocenters. The fourth-order valence-electron chi connectivity index (χ4n) is 3.66. The lowest BCUT2D eigenvalue weighted by Crippen LogP contribution is -1.95. The van der Waals surface area contributed by atoms with E-state index in [1.165, 1.54) is 30.3 Å². The van der Waals surface area contributed by atoms with E-state index in [-0.39, 0.29) is 27.5 Å². The third-order valence-corrected chi connectivity index (χ3v) is 5.54. The van der Waals surface area contributed by atoms with Crippen molar-refractivity contribution in [3.8, 4) is 23.7 Å². The molecule has 0 aliphatic carbocycles. The van der Waals surface area contributed by atoms with Crippen LogP contribution in [-0.2, 0) is 11.2 Å². The number of halogens is 6. The summed E-state index contributed by atoms with van der Waals surface area (Å²) in [4.78, 5) is 0. The Balaban J connectivity index is 1.56. The molecule has 0 aromatic heterocycles. The van der Waals surface area contributed by atoms with Crippen LogP contribution in [0.1, 0.15) is 34.2 Å². The van der Waals surface area contributed by atoms with Gasteiger partial charge in [-0.15, -0.1) is 0 Å². The van der Waals surface area contributed by atoms with Crippen LogP contribution in [0.25, 0.3) is 10.8 Å². The van der Waals surface area contributed by atoms with Gasteiger partial charge in [0.15, 0.2) is 17.5 Å². The Hall–Kier alpha value is -4.20. The predicted octanol–water partition coefficient (Wildman–Crippen LogP) is 7.05. The SMILES string of the molecule is COCCCc1ccc(C#Cc2cc(F)c(C#Cc3ccc4c(F)c(F)c(F)cc4c3)c(F)c2)c(F)c1. The highest BCUT2D eigenvalue weighted by Gasteiger charge is 2.13. The highest BCUT2D eigenvalue weighted by atomic mass is 19.2. The third-order valence-electron chi connectivity index (χ3n) is 5.54. The summed E-state index contributed by atoms with van der Waals surface area (Å²) in [6.07, 6.45) is 1.38. The minimum atomic E-state index is -1.59. The van der Waals surface area contributed by atoms with Gasteiger partial charge < -0.3 is 4.74 Å². The molecule has 0 radical (unpaired) electrons. The Kier molecular flexibility index (Phi) is 7.86. The zero-order chi connectivity index (χ0) is 26.5. The molecule has 0 fully saturated rings. The number of ether oxygens (including phenoxy) is 1. The van der Waals surface area contributed by atoms with Crippen molar-refractivity contribution in [1.82, 2.24) is 0 Å². The van der Waals surface area contributed by atoms with E-state index in [0.717, 1.165) is 30.2 Å². The van der Waals surface area contributed by atoms with Gasteiger partial charge in [0.1, 0.15) is 17.5 Å². The molecular weight excluding hydrogens is 490 g/mol. The molecule has 0 saturated carbocycles. The van der Waals surface area contributed by atoms with E-state index < -0.39 is 40.5 Å². The topological polar surface area (TPSA) is 9.23 Å². The number of rotatable bonds is 4. The van der Waals surface area contributed by atoms with Crippen molar-refractivity contribution in [2.24, 2.45) is 0 Å². The molecule has 0 N–H and O–H groups in total. The van der Waals surface area contributed by atoms with Crippen molar-refractivity contribution in [3.05, 3.63) is 117 Å². The van der Waals surface area contributed by atoms with E-state index >= 15 is 0 Å². The average molecular weight is 508 g/mol. The van der Waals surface area contributed by atoms with Gasteiger partial charge in [0.05, 0.1) is 11.1 Å². The molecule has 186 valence electrons. The van der Waals surface area contributed by atoms with Gasteiger partial charge in [0.2, 0.25) is 0 Å². The minimum Gasteiger partial charge on any atom is -0.385 e. The van der Waals surface area contributed by atoms with Gasteiger partial charge in [-0.3, -0.25) is 0 Å². The van der Waals surface area contributed by atoms with Crippen molar-refractivity contribution in [1.29, 1.82) is 0 Å². The summed E-state index contributed by atoms with van der Waals surface area (Å²) in [6, 6.07) is 11.2. The summed E-state index contributed by atoms with van der Waals surface area (Å²) in [7, 11) is 1.59. The molecule has 4 aromatic rings. The maximum absolute atomic E-state index is 14.6. The van der Waals surface area contributed by atoms with Crippen LogP contribution >= 0.6 is 0 Å². The van der Waals surface area contributed by atoms with Gasteiger partial charge >= 0.3 is 0 Å². The zero-order valence-electron chi connectivity index (χ0n) is 19.5. The molecule has 0 atom stereocenters. The largest absolute Gasteiger partial charge is 0.385 e. The smallest absolute Gasteiger partial charge is 0.195 e. The molecule has 0 aliphatic rings. The molecule has 1 nitrogen and oxygen atoms in total. The summed E-state index contributed by atoms with van der Waals surface area (Å²) < 4.78 is 89.3. The molecule has 7 heteroatoms. The Morgan fingerprint density at radius 3 is 2.08 bits per heavy atom. The van der Waals surface area contributed by atoms with Crippen molar-refractivity contribution in [3.63, 3.8) is 0 Å². The standard InChI is InChI=1S/C30H18F6O/c1-37-12-2-3-18-4-8-21(25(31)14-18)9-5-20-15-26(32)24(27(33)16-20)11-7-19-6-10-23-22(13-19)17-28(34)30(36)29(23)35/h4,6,8,10,13-17H,2-3,12H2,1H3. The maximum Gasteiger partial charge on any atom is 0.195 e. The van der Waals surface area contributed by atoms with Crippen molar-refractivity contribution in [2.45, 2.75) is 12.8 Å². The second kappa shape index (κ2) is 11.2. The average Bonchev–Trinajstić information content (AvgIpc) is 2.86. The minimum absolute atomic E-state index is 0.0113. The highest BCUT2D eigenvalue weighted by molar-refractivity contribution is 5.84. The van der Waals surface area contributed by atoms with E-state index in [9.17, 15) is 26.3 Å². The van der Waals surface area contributed by atoms with Crippen LogP contribution in [0, 0.1) is 58.6 Å². The molecule has 0 aliphatic heterocycles. The lowest BCUT2D eigenvalue weighted by molar-refractivity contribution is 0.195. The maximum atomic E-state index is 14.6. The second-order valence-electron chi connectivity index (χ2n) is 8.15. The van der Waals surface area contributed by atoms with Gasteiger partial charge in [0, 0.05) is 30.2 Å². The molecule has 0 heterocycles. The lowest BCUT2D eigenvalue weighted by Gasteiger charge is -2.03. The van der Waals surface area contributed by atoms with E-state index in [1.807, 2.05) is 0 Å². The summed E-state index contributed by atoms with van der Waals surface area (Å²) in [5, 5.41) is -0.105. The third kappa shape index (κ3) is 5.97. The van der Waals surface area contributed by atoms with E-state index in [4.69, 9.17) is 4.74 Å². The molecule has 37 heavy (non-hydrogen) atoms. The Morgan fingerprint density at radius 1 is 0.649 bits per heavy atom. The lowest BCUT2D eigenvalue weighted by atomic mass is 10.0. The number of hydrogen-bond donors (Lipinski definition) is 0. The highest BCUT2D eigenvalue weighted by Crippen LogP contribution is 2.24. The van der Waals surface area contributed by atoms with Crippen LogP contribution in [0.3, 0.4) is 0 Å². The quantitative estimate of drug-likeness (QED) is 0.124. The first kappa shape index (κ1) is 25.9. The first-order valence-corrected chi connectivity index (χ1v) is 11.1. The Morgan fingerprint density at radius 2 is 1.38 bits per heavy atom. The first-order valence-electron chi connectivity index (χ1n) is 11.1. The molecule has 4 rings (SSSR count). The molecular formula is C30H18F6O. The van der Waals surface area contributed by atoms with E-state index in [0.29, 0.717) is 13.0 Å². The van der Waals surface area contributed by atoms with Crippen LogP contribution < -0.4 is 0 Å².